The average molecular weight is 453 g/mol. The van der Waals surface area contributed by atoms with E-state index in [0.29, 0.717) is 10.9 Å². The topological polar surface area (TPSA) is 0 Å². The van der Waals surface area contributed by atoms with Gasteiger partial charge in [-0.15, -0.1) is 0 Å². The maximum Gasteiger partial charge on any atom is 0.146 e. The highest BCUT2D eigenvalue weighted by Gasteiger charge is 2.19. The van der Waals surface area contributed by atoms with E-state index in [9.17, 15) is 0 Å². The minimum Gasteiger partial charge on any atom is -0.205 e. The molecule has 0 radical (unpaired) electrons. The van der Waals surface area contributed by atoms with E-state index in [1.165, 1.54) is 49.7 Å². The molecule has 0 spiro atoms. The molecule has 0 atom stereocenters. The zero-order valence-electron chi connectivity index (χ0n) is 20.7. The summed E-state index contributed by atoms with van der Waals surface area (Å²) in [5.41, 5.74) is 3.99. The molecule has 0 heterocycles. The standard InChI is InChI=1S/C33H37F/c1-3-5-6-7-26-12-14-28(15-13-26)18-20-30-21-22-31-24-29(19-23-32(31)33(30)34)17-16-27-10-8-25(4-2)9-11-27/h3,5,12-15,19,21-25,27H,4,6-11,16-17H2,1-2H3/b5-3+. The van der Waals surface area contributed by atoms with E-state index in [1.54, 1.807) is 0 Å². The van der Waals surface area contributed by atoms with Crippen molar-refractivity contribution in [2.24, 2.45) is 11.8 Å². The van der Waals surface area contributed by atoms with Gasteiger partial charge < -0.3 is 0 Å². The summed E-state index contributed by atoms with van der Waals surface area (Å²) < 4.78 is 15.2. The molecule has 1 saturated carbocycles. The summed E-state index contributed by atoms with van der Waals surface area (Å²) in [7, 11) is 0. The summed E-state index contributed by atoms with van der Waals surface area (Å²) >= 11 is 0. The van der Waals surface area contributed by atoms with Gasteiger partial charge in [0.15, 0.2) is 0 Å². The largest absolute Gasteiger partial charge is 0.205 e. The van der Waals surface area contributed by atoms with Crippen molar-refractivity contribution >= 4 is 10.8 Å². The predicted molar refractivity (Wildman–Crippen MR) is 144 cm³/mol. The minimum absolute atomic E-state index is 0.211. The molecule has 0 aliphatic heterocycles. The van der Waals surface area contributed by atoms with Crippen molar-refractivity contribution in [3.8, 4) is 11.8 Å². The highest BCUT2D eigenvalue weighted by molar-refractivity contribution is 5.85. The molecule has 34 heavy (non-hydrogen) atoms. The first-order valence-electron chi connectivity index (χ1n) is 13.1. The Kier molecular flexibility index (Phi) is 8.59. The fourth-order valence-electron chi connectivity index (χ4n) is 5.20. The third-order valence-electron chi connectivity index (χ3n) is 7.53. The lowest BCUT2D eigenvalue weighted by molar-refractivity contribution is 0.259. The molecule has 0 unspecified atom stereocenters. The number of aryl methyl sites for hydroxylation is 2. The molecule has 176 valence electrons. The Hall–Kier alpha value is -2.85. The van der Waals surface area contributed by atoms with Crippen molar-refractivity contribution in [2.75, 3.05) is 0 Å². The van der Waals surface area contributed by atoms with Crippen molar-refractivity contribution in [1.29, 1.82) is 0 Å². The molecule has 1 heteroatoms. The van der Waals surface area contributed by atoms with E-state index in [-0.39, 0.29) is 5.82 Å². The van der Waals surface area contributed by atoms with E-state index in [1.807, 2.05) is 37.3 Å². The Morgan fingerprint density at radius 1 is 0.853 bits per heavy atom. The Morgan fingerprint density at radius 2 is 1.59 bits per heavy atom. The molecule has 0 N–H and O–H groups in total. The van der Waals surface area contributed by atoms with Crippen LogP contribution in [-0.4, -0.2) is 0 Å². The third-order valence-corrected chi connectivity index (χ3v) is 7.53. The van der Waals surface area contributed by atoms with E-state index in [0.717, 1.165) is 42.0 Å². The van der Waals surface area contributed by atoms with Gasteiger partial charge in [-0.1, -0.05) is 99.4 Å². The fourth-order valence-corrected chi connectivity index (χ4v) is 5.20. The van der Waals surface area contributed by atoms with Gasteiger partial charge in [0.1, 0.15) is 5.82 Å². The number of allylic oxidation sites excluding steroid dienone is 2. The van der Waals surface area contributed by atoms with Crippen molar-refractivity contribution in [1.82, 2.24) is 0 Å². The van der Waals surface area contributed by atoms with Gasteiger partial charge in [0.2, 0.25) is 0 Å². The van der Waals surface area contributed by atoms with Crippen LogP contribution in [-0.2, 0) is 12.8 Å². The van der Waals surface area contributed by atoms with Crippen LogP contribution < -0.4 is 0 Å². The van der Waals surface area contributed by atoms with Gasteiger partial charge in [-0.25, -0.2) is 4.39 Å². The van der Waals surface area contributed by atoms with Crippen molar-refractivity contribution < 1.29 is 4.39 Å². The molecule has 3 aromatic rings. The van der Waals surface area contributed by atoms with Crippen LogP contribution in [0.2, 0.25) is 0 Å². The Morgan fingerprint density at radius 3 is 2.32 bits per heavy atom. The lowest BCUT2D eigenvalue weighted by Crippen LogP contribution is -2.14. The highest BCUT2D eigenvalue weighted by Crippen LogP contribution is 2.33. The second-order valence-corrected chi connectivity index (χ2v) is 9.87. The highest BCUT2D eigenvalue weighted by atomic mass is 19.1. The van der Waals surface area contributed by atoms with E-state index < -0.39 is 0 Å². The summed E-state index contributed by atoms with van der Waals surface area (Å²) in [4.78, 5) is 0. The normalized spacial score (nSPS) is 18.2. The zero-order chi connectivity index (χ0) is 23.8. The zero-order valence-corrected chi connectivity index (χ0v) is 20.7. The van der Waals surface area contributed by atoms with Crippen molar-refractivity contribution in [3.63, 3.8) is 0 Å². The van der Waals surface area contributed by atoms with Gasteiger partial charge in [0.25, 0.3) is 0 Å². The average Bonchev–Trinajstić information content (AvgIpc) is 2.88. The molecule has 1 aliphatic carbocycles. The van der Waals surface area contributed by atoms with Gasteiger partial charge in [0, 0.05) is 10.9 Å². The summed E-state index contributed by atoms with van der Waals surface area (Å²) in [5.74, 6) is 7.78. The molecule has 1 aliphatic rings. The number of benzene rings is 3. The van der Waals surface area contributed by atoms with Crippen molar-refractivity contribution in [2.45, 2.75) is 71.6 Å². The first kappa shape index (κ1) is 24.3. The van der Waals surface area contributed by atoms with Crippen LogP contribution in [0.5, 0.6) is 0 Å². The van der Waals surface area contributed by atoms with Gasteiger partial charge in [-0.2, -0.15) is 0 Å². The molecule has 0 saturated heterocycles. The minimum atomic E-state index is -0.211. The summed E-state index contributed by atoms with van der Waals surface area (Å²) in [6, 6.07) is 18.3. The van der Waals surface area contributed by atoms with Crippen LogP contribution in [0.3, 0.4) is 0 Å². The van der Waals surface area contributed by atoms with Gasteiger partial charge >= 0.3 is 0 Å². The van der Waals surface area contributed by atoms with E-state index in [4.69, 9.17) is 0 Å². The molecule has 4 rings (SSSR count). The number of halogens is 1. The molecular weight excluding hydrogens is 415 g/mol. The first-order chi connectivity index (χ1) is 16.7. The third kappa shape index (κ3) is 6.38. The number of fused-ring (bicyclic) bond motifs is 1. The van der Waals surface area contributed by atoms with Crippen LogP contribution >= 0.6 is 0 Å². The van der Waals surface area contributed by atoms with Crippen LogP contribution in [0, 0.1) is 29.5 Å². The van der Waals surface area contributed by atoms with Crippen LogP contribution in [0.25, 0.3) is 10.8 Å². The fraction of sp³-hybridized carbons (Fsp3) is 0.394. The van der Waals surface area contributed by atoms with Gasteiger partial charge in [-0.3, -0.25) is 0 Å². The van der Waals surface area contributed by atoms with Gasteiger partial charge in [0.05, 0.1) is 5.56 Å². The molecule has 0 nitrogen and oxygen atoms in total. The molecule has 0 aromatic heterocycles. The summed E-state index contributed by atoms with van der Waals surface area (Å²) in [6.45, 7) is 4.36. The first-order valence-corrected chi connectivity index (χ1v) is 13.1. The predicted octanol–water partition coefficient (Wildman–Crippen LogP) is 9.04. The SMILES string of the molecule is C/C=C/CCc1ccc(C#Cc2ccc3cc(CCC4CCC(CC)CC4)ccc3c2F)cc1. The maximum absolute atomic E-state index is 15.2. The van der Waals surface area contributed by atoms with Crippen LogP contribution in [0.1, 0.15) is 81.0 Å². The summed E-state index contributed by atoms with van der Waals surface area (Å²) in [5, 5.41) is 1.64. The number of hydrogen-bond donors (Lipinski definition) is 0. The van der Waals surface area contributed by atoms with Crippen molar-refractivity contribution in [3.05, 3.63) is 94.8 Å². The number of hydrogen-bond acceptors (Lipinski definition) is 0. The second kappa shape index (κ2) is 12.0. The maximum atomic E-state index is 15.2. The molecule has 0 bridgehead atoms. The number of rotatable bonds is 7. The lowest BCUT2D eigenvalue weighted by Gasteiger charge is -2.27. The molecular formula is C33H37F. The smallest absolute Gasteiger partial charge is 0.146 e. The molecule has 3 aromatic carbocycles. The van der Waals surface area contributed by atoms with Crippen LogP contribution in [0.4, 0.5) is 4.39 Å². The monoisotopic (exact) mass is 452 g/mol. The quantitative estimate of drug-likeness (QED) is 0.248. The second-order valence-electron chi connectivity index (χ2n) is 9.87. The lowest BCUT2D eigenvalue weighted by atomic mass is 9.78. The van der Waals surface area contributed by atoms with E-state index in [2.05, 4.69) is 55.2 Å². The van der Waals surface area contributed by atoms with Crippen LogP contribution in [0.15, 0.2) is 66.7 Å². The summed E-state index contributed by atoms with van der Waals surface area (Å²) in [6.07, 6.45) is 15.6. The van der Waals surface area contributed by atoms with E-state index >= 15 is 4.39 Å². The molecule has 0 amide bonds. The van der Waals surface area contributed by atoms with Gasteiger partial charge in [-0.05, 0) is 79.2 Å². The molecule has 1 fully saturated rings. The Balaban J connectivity index is 1.40. The Bertz CT molecular complexity index is 1160. The Labute approximate surface area is 205 Å².